The molecule has 2 aromatic heterocycles. The molecule has 0 saturated carbocycles. The van der Waals surface area contributed by atoms with Crippen LogP contribution in [0.5, 0.6) is 0 Å². The van der Waals surface area contributed by atoms with E-state index in [1.54, 1.807) is 12.3 Å². The van der Waals surface area contributed by atoms with Crippen LogP contribution in [0.3, 0.4) is 0 Å². The molecule has 0 N–H and O–H groups in total. The van der Waals surface area contributed by atoms with Gasteiger partial charge in [0.05, 0.1) is 10.0 Å². The molecule has 88 valence electrons. The summed E-state index contributed by atoms with van der Waals surface area (Å²) < 4.78 is 0.912. The van der Waals surface area contributed by atoms with Crippen molar-refractivity contribution in [1.29, 1.82) is 0 Å². The summed E-state index contributed by atoms with van der Waals surface area (Å²) in [4.78, 5) is 8.31. The Hall–Kier alpha value is -0.000000000000000167. The van der Waals surface area contributed by atoms with Gasteiger partial charge in [-0.25, -0.2) is 9.97 Å². The molecule has 0 unspecified atom stereocenters. The zero-order valence-electron chi connectivity index (χ0n) is 8.12. The Labute approximate surface area is 126 Å². The molecule has 2 rings (SSSR count). The van der Waals surface area contributed by atoms with E-state index in [9.17, 15) is 0 Å². The smallest absolute Gasteiger partial charge is 0.149 e. The molecule has 0 atom stereocenters. The van der Waals surface area contributed by atoms with Crippen LogP contribution in [0, 0.1) is 0 Å². The first kappa shape index (κ1) is 13.4. The molecule has 17 heavy (non-hydrogen) atoms. The second-order valence-electron chi connectivity index (χ2n) is 2.96. The van der Waals surface area contributed by atoms with Crippen molar-refractivity contribution in [2.75, 3.05) is 0 Å². The first-order chi connectivity index (χ1) is 8.06. The minimum atomic E-state index is 0.232. The van der Waals surface area contributed by atoms with Gasteiger partial charge in [0.2, 0.25) is 0 Å². The van der Waals surface area contributed by atoms with Crippen LogP contribution >= 0.6 is 62.5 Å². The van der Waals surface area contributed by atoms with E-state index < -0.39 is 0 Å². The van der Waals surface area contributed by atoms with Crippen LogP contribution in [0.4, 0.5) is 0 Å². The van der Waals surface area contributed by atoms with E-state index in [0.717, 1.165) is 9.50 Å². The predicted molar refractivity (Wildman–Crippen MR) is 75.3 cm³/mol. The SMILES string of the molecule is Clc1cc(Cl)c(Sc2ccc(Br)cn2)nc1Cl. The molecule has 0 aliphatic rings. The first-order valence-corrected chi connectivity index (χ1v) is 7.11. The molecule has 0 spiro atoms. The Morgan fingerprint density at radius 2 is 1.88 bits per heavy atom. The lowest BCUT2D eigenvalue weighted by atomic mass is 10.5. The van der Waals surface area contributed by atoms with Crippen LogP contribution in [0.15, 0.2) is 38.9 Å². The van der Waals surface area contributed by atoms with Crippen molar-refractivity contribution in [3.8, 4) is 0 Å². The third-order valence-corrected chi connectivity index (χ3v) is 4.25. The van der Waals surface area contributed by atoms with E-state index in [-0.39, 0.29) is 5.15 Å². The lowest BCUT2D eigenvalue weighted by molar-refractivity contribution is 1.09. The molecular weight excluding hydrogens is 366 g/mol. The van der Waals surface area contributed by atoms with Crippen molar-refractivity contribution < 1.29 is 0 Å². The highest BCUT2D eigenvalue weighted by Gasteiger charge is 2.09. The van der Waals surface area contributed by atoms with Crippen molar-refractivity contribution in [1.82, 2.24) is 9.97 Å². The van der Waals surface area contributed by atoms with Crippen molar-refractivity contribution in [3.63, 3.8) is 0 Å². The molecule has 0 amide bonds. The number of nitrogens with zero attached hydrogens (tertiary/aromatic N) is 2. The summed E-state index contributed by atoms with van der Waals surface area (Å²) in [5.74, 6) is 0. The van der Waals surface area contributed by atoms with Crippen LogP contribution in [0.1, 0.15) is 0 Å². The fourth-order valence-electron chi connectivity index (χ4n) is 1.02. The standard InChI is InChI=1S/C10H4BrCl3N2S/c11-5-1-2-8(15-4-5)17-10-7(13)3-6(12)9(14)16-10/h1-4H. The summed E-state index contributed by atoms with van der Waals surface area (Å²) in [5, 5.41) is 2.38. The summed E-state index contributed by atoms with van der Waals surface area (Å²) in [6.45, 7) is 0. The normalized spacial score (nSPS) is 10.6. The highest BCUT2D eigenvalue weighted by molar-refractivity contribution is 9.10. The highest BCUT2D eigenvalue weighted by atomic mass is 79.9. The van der Waals surface area contributed by atoms with Gasteiger partial charge in [0.25, 0.3) is 0 Å². The second-order valence-corrected chi connectivity index (χ2v) is 6.06. The van der Waals surface area contributed by atoms with Gasteiger partial charge in [-0.3, -0.25) is 0 Å². The third-order valence-electron chi connectivity index (χ3n) is 1.76. The molecule has 7 heteroatoms. The molecule has 2 aromatic rings. The number of hydrogen-bond acceptors (Lipinski definition) is 3. The molecule has 0 bridgehead atoms. The highest BCUT2D eigenvalue weighted by Crippen LogP contribution is 2.34. The Kier molecular flexibility index (Phi) is 4.55. The first-order valence-electron chi connectivity index (χ1n) is 4.37. The van der Waals surface area contributed by atoms with E-state index in [0.29, 0.717) is 15.1 Å². The minimum Gasteiger partial charge on any atom is -0.248 e. The molecule has 2 heterocycles. The number of pyridine rings is 2. The summed E-state index contributed by atoms with van der Waals surface area (Å²) in [7, 11) is 0. The topological polar surface area (TPSA) is 25.8 Å². The number of halogens is 4. The lowest BCUT2D eigenvalue weighted by Gasteiger charge is -2.04. The Morgan fingerprint density at radius 1 is 1.12 bits per heavy atom. The van der Waals surface area contributed by atoms with Gasteiger partial charge in [-0.1, -0.05) is 34.8 Å². The van der Waals surface area contributed by atoms with Gasteiger partial charge in [0, 0.05) is 10.7 Å². The Balaban J connectivity index is 2.30. The molecule has 0 aliphatic carbocycles. The summed E-state index contributed by atoms with van der Waals surface area (Å²) >= 11 is 22.3. The van der Waals surface area contributed by atoms with E-state index in [1.165, 1.54) is 11.8 Å². The summed E-state index contributed by atoms with van der Waals surface area (Å²) in [6, 6.07) is 5.32. The third kappa shape index (κ3) is 3.48. The average Bonchev–Trinajstić information content (AvgIpc) is 2.29. The summed E-state index contributed by atoms with van der Waals surface area (Å²) in [6.07, 6.45) is 1.70. The van der Waals surface area contributed by atoms with Crippen molar-refractivity contribution in [3.05, 3.63) is 44.1 Å². The number of rotatable bonds is 2. The van der Waals surface area contributed by atoms with Gasteiger partial charge >= 0.3 is 0 Å². The fraction of sp³-hybridized carbons (Fsp3) is 0. The van der Waals surface area contributed by atoms with Gasteiger partial charge in [-0.05, 0) is 45.9 Å². The summed E-state index contributed by atoms with van der Waals surface area (Å²) in [5.41, 5.74) is 0. The predicted octanol–water partition coefficient (Wildman–Crippen LogP) is 5.35. The maximum atomic E-state index is 6.02. The van der Waals surface area contributed by atoms with Crippen LogP contribution in [-0.4, -0.2) is 9.97 Å². The average molecular weight is 370 g/mol. The van der Waals surface area contributed by atoms with E-state index in [1.807, 2.05) is 12.1 Å². The zero-order valence-corrected chi connectivity index (χ0v) is 12.8. The maximum Gasteiger partial charge on any atom is 0.149 e. The molecule has 0 saturated heterocycles. The fourth-order valence-corrected chi connectivity index (χ4v) is 2.65. The van der Waals surface area contributed by atoms with Crippen molar-refractivity contribution >= 4 is 62.5 Å². The molecule has 2 nitrogen and oxygen atoms in total. The molecule has 0 radical (unpaired) electrons. The van der Waals surface area contributed by atoms with Crippen LogP contribution in [0.2, 0.25) is 15.2 Å². The van der Waals surface area contributed by atoms with Crippen LogP contribution < -0.4 is 0 Å². The quantitative estimate of drug-likeness (QED) is 0.667. The number of aromatic nitrogens is 2. The van der Waals surface area contributed by atoms with Gasteiger partial charge < -0.3 is 0 Å². The van der Waals surface area contributed by atoms with Crippen molar-refractivity contribution in [2.45, 2.75) is 10.1 Å². The molecule has 0 aromatic carbocycles. The molecular formula is C10H4BrCl3N2S. The molecule has 0 aliphatic heterocycles. The van der Waals surface area contributed by atoms with Gasteiger partial charge in [-0.15, -0.1) is 0 Å². The van der Waals surface area contributed by atoms with Gasteiger partial charge in [0.15, 0.2) is 0 Å². The Bertz CT molecular complexity index is 548. The van der Waals surface area contributed by atoms with E-state index >= 15 is 0 Å². The largest absolute Gasteiger partial charge is 0.248 e. The van der Waals surface area contributed by atoms with Gasteiger partial charge in [0.1, 0.15) is 15.2 Å². The zero-order chi connectivity index (χ0) is 12.4. The van der Waals surface area contributed by atoms with E-state index in [4.69, 9.17) is 34.8 Å². The van der Waals surface area contributed by atoms with Crippen LogP contribution in [-0.2, 0) is 0 Å². The molecule has 0 fully saturated rings. The second kappa shape index (κ2) is 5.76. The lowest BCUT2D eigenvalue weighted by Crippen LogP contribution is -1.86. The Morgan fingerprint density at radius 3 is 2.53 bits per heavy atom. The number of hydrogen-bond donors (Lipinski definition) is 0. The minimum absolute atomic E-state index is 0.232. The van der Waals surface area contributed by atoms with Crippen LogP contribution in [0.25, 0.3) is 0 Å². The van der Waals surface area contributed by atoms with Gasteiger partial charge in [-0.2, -0.15) is 0 Å². The maximum absolute atomic E-state index is 6.02. The van der Waals surface area contributed by atoms with Crippen molar-refractivity contribution in [2.24, 2.45) is 0 Å². The monoisotopic (exact) mass is 368 g/mol. The van der Waals surface area contributed by atoms with E-state index in [2.05, 4.69) is 25.9 Å².